The number of carbonyl (C=O) groups is 1. The van der Waals surface area contributed by atoms with Gasteiger partial charge in [0.25, 0.3) is 0 Å². The lowest BCUT2D eigenvalue weighted by Gasteiger charge is -2.08. The van der Waals surface area contributed by atoms with E-state index in [0.29, 0.717) is 5.56 Å². The molecule has 0 amide bonds. The molecule has 0 bridgehead atoms. The first-order valence-electron chi connectivity index (χ1n) is 6.05. The van der Waals surface area contributed by atoms with Crippen LogP contribution in [0.2, 0.25) is 0 Å². The molecule has 0 aliphatic heterocycles. The Morgan fingerprint density at radius 2 is 1.89 bits per heavy atom. The highest BCUT2D eigenvalue weighted by Crippen LogP contribution is 2.17. The van der Waals surface area contributed by atoms with Gasteiger partial charge in [-0.25, -0.2) is 0 Å². The monoisotopic (exact) mass is 318 g/mol. The minimum Gasteiger partial charge on any atom is -0.485 e. The van der Waals surface area contributed by atoms with E-state index in [9.17, 15) is 4.79 Å². The molecule has 0 aliphatic carbocycles. The number of ether oxygens (including phenoxy) is 1. The number of rotatable bonds is 4. The molecule has 0 saturated carbocycles. The molecule has 0 atom stereocenters. The third-order valence-corrected chi connectivity index (χ3v) is 3.49. The van der Waals surface area contributed by atoms with Gasteiger partial charge in [-0.2, -0.15) is 0 Å². The molecule has 2 aromatic rings. The van der Waals surface area contributed by atoms with Crippen LogP contribution in [-0.4, -0.2) is 12.4 Å². The fraction of sp³-hybridized carbons (Fsp3) is 0.188. The number of hydrogen-bond acceptors (Lipinski definition) is 2. The summed E-state index contributed by atoms with van der Waals surface area (Å²) < 4.78 is 6.43. The van der Waals surface area contributed by atoms with Gasteiger partial charge in [-0.3, -0.25) is 4.79 Å². The van der Waals surface area contributed by atoms with Crippen LogP contribution in [-0.2, 0) is 0 Å². The van der Waals surface area contributed by atoms with Crippen LogP contribution < -0.4 is 4.74 Å². The van der Waals surface area contributed by atoms with Crippen molar-refractivity contribution >= 4 is 21.7 Å². The summed E-state index contributed by atoms with van der Waals surface area (Å²) in [5.41, 5.74) is 3.02. The van der Waals surface area contributed by atoms with Crippen molar-refractivity contribution in [2.75, 3.05) is 6.61 Å². The lowest BCUT2D eigenvalue weighted by Crippen LogP contribution is -2.11. The maximum Gasteiger partial charge on any atom is 0.200 e. The van der Waals surface area contributed by atoms with Crippen LogP contribution in [0.4, 0.5) is 0 Å². The summed E-state index contributed by atoms with van der Waals surface area (Å²) in [5, 5.41) is 0. The number of benzene rings is 2. The van der Waals surface area contributed by atoms with Crippen molar-refractivity contribution in [1.29, 1.82) is 0 Å². The smallest absolute Gasteiger partial charge is 0.200 e. The van der Waals surface area contributed by atoms with Crippen molar-refractivity contribution in [3.63, 3.8) is 0 Å². The van der Waals surface area contributed by atoms with Crippen LogP contribution in [0.5, 0.6) is 5.75 Å². The molecule has 0 unspecified atom stereocenters. The van der Waals surface area contributed by atoms with Crippen LogP contribution in [0.3, 0.4) is 0 Å². The Labute approximate surface area is 121 Å². The minimum absolute atomic E-state index is 0.0282. The van der Waals surface area contributed by atoms with Gasteiger partial charge in [-0.05, 0) is 49.2 Å². The SMILES string of the molecule is Cc1ccc(OCC(=O)c2cccc(Br)c2)cc1C. The zero-order valence-corrected chi connectivity index (χ0v) is 12.5. The van der Waals surface area contributed by atoms with Gasteiger partial charge in [-0.1, -0.05) is 34.1 Å². The lowest BCUT2D eigenvalue weighted by atomic mass is 10.1. The molecule has 0 N–H and O–H groups in total. The Hall–Kier alpha value is -1.61. The molecule has 3 heteroatoms. The van der Waals surface area contributed by atoms with Crippen molar-refractivity contribution < 1.29 is 9.53 Å². The summed E-state index contributed by atoms with van der Waals surface area (Å²) in [6.07, 6.45) is 0. The maximum atomic E-state index is 12.0. The van der Waals surface area contributed by atoms with Gasteiger partial charge in [-0.15, -0.1) is 0 Å². The van der Waals surface area contributed by atoms with Gasteiger partial charge in [0.2, 0.25) is 0 Å². The number of carbonyl (C=O) groups excluding carboxylic acids is 1. The normalized spacial score (nSPS) is 10.3. The fourth-order valence-corrected chi connectivity index (χ4v) is 2.10. The molecule has 0 heterocycles. The quantitative estimate of drug-likeness (QED) is 0.784. The zero-order valence-electron chi connectivity index (χ0n) is 10.9. The van der Waals surface area contributed by atoms with Crippen molar-refractivity contribution in [1.82, 2.24) is 0 Å². The Morgan fingerprint density at radius 1 is 1.11 bits per heavy atom. The summed E-state index contributed by atoms with van der Waals surface area (Å²) in [6.45, 7) is 4.13. The van der Waals surface area contributed by atoms with E-state index >= 15 is 0 Å². The lowest BCUT2D eigenvalue weighted by molar-refractivity contribution is 0.0921. The average molecular weight is 319 g/mol. The molecule has 0 aromatic heterocycles. The minimum atomic E-state index is -0.0282. The molecule has 2 aromatic carbocycles. The van der Waals surface area contributed by atoms with Gasteiger partial charge in [0.05, 0.1) is 0 Å². The van der Waals surface area contributed by atoms with Crippen LogP contribution in [0.25, 0.3) is 0 Å². The standard InChI is InChI=1S/C16H15BrO2/c1-11-6-7-15(8-12(11)2)19-10-16(18)13-4-3-5-14(17)9-13/h3-9H,10H2,1-2H3. The zero-order chi connectivity index (χ0) is 13.8. The first kappa shape index (κ1) is 13.8. The fourth-order valence-electron chi connectivity index (χ4n) is 1.70. The van der Waals surface area contributed by atoms with Gasteiger partial charge in [0.15, 0.2) is 12.4 Å². The molecular formula is C16H15BrO2. The number of hydrogen-bond donors (Lipinski definition) is 0. The molecule has 0 spiro atoms. The second-order valence-corrected chi connectivity index (χ2v) is 5.38. The first-order valence-corrected chi connectivity index (χ1v) is 6.84. The van der Waals surface area contributed by atoms with E-state index in [1.807, 2.05) is 44.2 Å². The second kappa shape index (κ2) is 6.02. The highest BCUT2D eigenvalue weighted by molar-refractivity contribution is 9.10. The van der Waals surface area contributed by atoms with E-state index in [1.165, 1.54) is 5.56 Å². The van der Waals surface area contributed by atoms with Crippen LogP contribution in [0, 0.1) is 13.8 Å². The second-order valence-electron chi connectivity index (χ2n) is 4.47. The summed E-state index contributed by atoms with van der Waals surface area (Å²) in [6, 6.07) is 13.1. The molecule has 98 valence electrons. The van der Waals surface area contributed by atoms with E-state index < -0.39 is 0 Å². The van der Waals surface area contributed by atoms with Crippen LogP contribution >= 0.6 is 15.9 Å². The predicted octanol–water partition coefficient (Wildman–Crippen LogP) is 4.33. The van der Waals surface area contributed by atoms with E-state index in [4.69, 9.17) is 4.74 Å². The molecule has 2 rings (SSSR count). The van der Waals surface area contributed by atoms with Crippen LogP contribution in [0.1, 0.15) is 21.5 Å². The third-order valence-electron chi connectivity index (χ3n) is 2.99. The molecule has 2 nitrogen and oxygen atoms in total. The molecule has 19 heavy (non-hydrogen) atoms. The van der Waals surface area contributed by atoms with E-state index in [1.54, 1.807) is 12.1 Å². The van der Waals surface area contributed by atoms with Gasteiger partial charge in [0.1, 0.15) is 5.75 Å². The topological polar surface area (TPSA) is 26.3 Å². The molecule has 0 aliphatic rings. The predicted molar refractivity (Wildman–Crippen MR) is 79.9 cm³/mol. The largest absolute Gasteiger partial charge is 0.485 e. The Balaban J connectivity index is 2.02. The summed E-state index contributed by atoms with van der Waals surface area (Å²) in [4.78, 5) is 12.0. The Bertz CT molecular complexity index is 605. The average Bonchev–Trinajstić information content (AvgIpc) is 2.40. The van der Waals surface area contributed by atoms with Crippen molar-refractivity contribution in [3.8, 4) is 5.75 Å². The van der Waals surface area contributed by atoms with Gasteiger partial charge in [0, 0.05) is 10.0 Å². The third kappa shape index (κ3) is 3.67. The molecular weight excluding hydrogens is 304 g/mol. The number of halogens is 1. The van der Waals surface area contributed by atoms with Gasteiger partial charge < -0.3 is 4.74 Å². The first-order chi connectivity index (χ1) is 9.06. The van der Waals surface area contributed by atoms with Crippen LogP contribution in [0.15, 0.2) is 46.9 Å². The molecule has 0 fully saturated rings. The molecule has 0 radical (unpaired) electrons. The van der Waals surface area contributed by atoms with Crippen molar-refractivity contribution in [2.24, 2.45) is 0 Å². The van der Waals surface area contributed by atoms with Crippen molar-refractivity contribution in [2.45, 2.75) is 13.8 Å². The molecule has 0 saturated heterocycles. The number of aryl methyl sites for hydroxylation is 2. The van der Waals surface area contributed by atoms with E-state index in [0.717, 1.165) is 15.8 Å². The number of Topliss-reactive ketones (excluding diaryl/α,β-unsaturated/α-hetero) is 1. The number of ketones is 1. The summed E-state index contributed by atoms with van der Waals surface area (Å²) >= 11 is 3.35. The Kier molecular flexibility index (Phi) is 4.38. The summed E-state index contributed by atoms with van der Waals surface area (Å²) in [7, 11) is 0. The van der Waals surface area contributed by atoms with E-state index in [2.05, 4.69) is 15.9 Å². The highest BCUT2D eigenvalue weighted by Gasteiger charge is 2.07. The Morgan fingerprint density at radius 3 is 2.58 bits per heavy atom. The summed E-state index contributed by atoms with van der Waals surface area (Å²) in [5.74, 6) is 0.700. The highest BCUT2D eigenvalue weighted by atomic mass is 79.9. The van der Waals surface area contributed by atoms with E-state index in [-0.39, 0.29) is 12.4 Å². The van der Waals surface area contributed by atoms with Gasteiger partial charge >= 0.3 is 0 Å². The maximum absolute atomic E-state index is 12.0. The van der Waals surface area contributed by atoms with Crippen molar-refractivity contribution in [3.05, 3.63) is 63.6 Å².